The third kappa shape index (κ3) is 5.00. The van der Waals surface area contributed by atoms with Gasteiger partial charge in [0.15, 0.2) is 0 Å². The van der Waals surface area contributed by atoms with Crippen LogP contribution < -0.4 is 15.5 Å². The Hall–Kier alpha value is -2.55. The standard InChI is InChI=1S/C19H22F2N2O4/c1-19(25,18(20)21)16(17(24)23-26)22-11-12-3-5-13(6-4-12)14-7-9-15(27-2)10-8-14/h3-10,16,18,22,25-26H,11H2,1-2H3,(H,23,24)/t16-,19+/m1/s1. The summed E-state index contributed by atoms with van der Waals surface area (Å²) < 4.78 is 31.2. The van der Waals surface area contributed by atoms with Crippen molar-refractivity contribution in [3.05, 3.63) is 54.1 Å². The van der Waals surface area contributed by atoms with Crippen LogP contribution in [0.15, 0.2) is 48.5 Å². The van der Waals surface area contributed by atoms with Crippen molar-refractivity contribution in [3.63, 3.8) is 0 Å². The van der Waals surface area contributed by atoms with Gasteiger partial charge in [-0.05, 0) is 35.7 Å². The highest BCUT2D eigenvalue weighted by Crippen LogP contribution is 2.23. The largest absolute Gasteiger partial charge is 0.497 e. The lowest BCUT2D eigenvalue weighted by Gasteiger charge is -2.31. The first-order valence-corrected chi connectivity index (χ1v) is 8.20. The zero-order chi connectivity index (χ0) is 20.0. The van der Waals surface area contributed by atoms with Gasteiger partial charge in [0.25, 0.3) is 12.3 Å². The Kier molecular flexibility index (Phi) is 6.84. The highest BCUT2D eigenvalue weighted by molar-refractivity contribution is 5.82. The van der Waals surface area contributed by atoms with Crippen molar-refractivity contribution in [2.45, 2.75) is 31.5 Å². The van der Waals surface area contributed by atoms with Gasteiger partial charge in [-0.2, -0.15) is 0 Å². The Labute approximate surface area is 155 Å². The first kappa shape index (κ1) is 20.8. The SMILES string of the molecule is COc1ccc(-c2ccc(CN[C@H](C(=O)NO)[C@](C)(O)C(F)F)cc2)cc1. The molecule has 0 saturated carbocycles. The Bertz CT molecular complexity index is 749. The van der Waals surface area contributed by atoms with Crippen molar-refractivity contribution in [2.75, 3.05) is 7.11 Å². The summed E-state index contributed by atoms with van der Waals surface area (Å²) in [6.45, 7) is 0.876. The van der Waals surface area contributed by atoms with Crippen LogP contribution in [0.2, 0.25) is 0 Å². The monoisotopic (exact) mass is 380 g/mol. The van der Waals surface area contributed by atoms with Crippen LogP contribution >= 0.6 is 0 Å². The number of rotatable bonds is 8. The van der Waals surface area contributed by atoms with Gasteiger partial charge in [0.05, 0.1) is 7.11 Å². The number of hydrogen-bond donors (Lipinski definition) is 4. The Morgan fingerprint density at radius 3 is 2.07 bits per heavy atom. The third-order valence-electron chi connectivity index (χ3n) is 4.29. The number of carbonyl (C=O) groups is 1. The first-order chi connectivity index (χ1) is 12.8. The summed E-state index contributed by atoms with van der Waals surface area (Å²) in [6, 6.07) is 13.1. The van der Waals surface area contributed by atoms with Crippen molar-refractivity contribution in [1.82, 2.24) is 10.8 Å². The number of ether oxygens (including phenoxy) is 1. The fraction of sp³-hybridized carbons (Fsp3) is 0.316. The Morgan fingerprint density at radius 2 is 1.63 bits per heavy atom. The van der Waals surface area contributed by atoms with Gasteiger partial charge in [-0.3, -0.25) is 15.3 Å². The van der Waals surface area contributed by atoms with E-state index < -0.39 is 24.0 Å². The van der Waals surface area contributed by atoms with E-state index in [4.69, 9.17) is 9.94 Å². The molecule has 0 bridgehead atoms. The summed E-state index contributed by atoms with van der Waals surface area (Å²) in [5.74, 6) is -0.394. The van der Waals surface area contributed by atoms with Crippen LogP contribution in [0.3, 0.4) is 0 Å². The number of methoxy groups -OCH3 is 1. The molecule has 0 heterocycles. The van der Waals surface area contributed by atoms with E-state index in [0.717, 1.165) is 23.8 Å². The van der Waals surface area contributed by atoms with Gasteiger partial charge in [-0.1, -0.05) is 36.4 Å². The minimum Gasteiger partial charge on any atom is -0.497 e. The predicted molar refractivity (Wildman–Crippen MR) is 95.6 cm³/mol. The van der Waals surface area contributed by atoms with Gasteiger partial charge in [0.2, 0.25) is 0 Å². The van der Waals surface area contributed by atoms with Crippen LogP contribution in [0, 0.1) is 0 Å². The van der Waals surface area contributed by atoms with E-state index in [1.54, 1.807) is 19.2 Å². The van der Waals surface area contributed by atoms with Gasteiger partial charge in [-0.15, -0.1) is 0 Å². The molecule has 0 saturated heterocycles. The molecule has 0 fully saturated rings. The average molecular weight is 380 g/mol. The molecular formula is C19H22F2N2O4. The molecule has 0 spiro atoms. The first-order valence-electron chi connectivity index (χ1n) is 8.20. The molecule has 2 rings (SSSR count). The molecule has 4 N–H and O–H groups in total. The van der Waals surface area contributed by atoms with Crippen LogP contribution in [0.25, 0.3) is 11.1 Å². The van der Waals surface area contributed by atoms with E-state index in [1.807, 2.05) is 36.4 Å². The second-order valence-corrected chi connectivity index (χ2v) is 6.24. The number of hydroxylamine groups is 1. The van der Waals surface area contributed by atoms with Crippen LogP contribution in [-0.2, 0) is 11.3 Å². The van der Waals surface area contributed by atoms with E-state index >= 15 is 0 Å². The van der Waals surface area contributed by atoms with Crippen molar-refractivity contribution in [1.29, 1.82) is 0 Å². The van der Waals surface area contributed by atoms with E-state index in [1.165, 1.54) is 5.48 Å². The van der Waals surface area contributed by atoms with Crippen molar-refractivity contribution in [3.8, 4) is 16.9 Å². The number of nitrogens with one attached hydrogen (secondary N) is 2. The van der Waals surface area contributed by atoms with Gasteiger partial charge in [-0.25, -0.2) is 14.3 Å². The van der Waals surface area contributed by atoms with Crippen LogP contribution in [-0.4, -0.2) is 41.4 Å². The molecule has 0 radical (unpaired) electrons. The smallest absolute Gasteiger partial charge is 0.268 e. The summed E-state index contributed by atoms with van der Waals surface area (Å²) in [4.78, 5) is 11.6. The minimum absolute atomic E-state index is 0.0455. The summed E-state index contributed by atoms with van der Waals surface area (Å²) in [7, 11) is 1.59. The van der Waals surface area contributed by atoms with Gasteiger partial charge in [0, 0.05) is 6.54 Å². The molecule has 0 aliphatic carbocycles. The molecule has 0 unspecified atom stereocenters. The number of benzene rings is 2. The van der Waals surface area contributed by atoms with Crippen molar-refractivity contribution < 1.29 is 28.6 Å². The molecule has 27 heavy (non-hydrogen) atoms. The van der Waals surface area contributed by atoms with Gasteiger partial charge < -0.3 is 9.84 Å². The zero-order valence-electron chi connectivity index (χ0n) is 14.9. The lowest BCUT2D eigenvalue weighted by Crippen LogP contribution is -2.60. The maximum Gasteiger partial charge on any atom is 0.268 e. The average Bonchev–Trinajstić information content (AvgIpc) is 2.68. The van der Waals surface area contributed by atoms with Crippen LogP contribution in [0.4, 0.5) is 8.78 Å². The maximum atomic E-state index is 13.0. The Morgan fingerprint density at radius 1 is 1.11 bits per heavy atom. The minimum atomic E-state index is -3.18. The molecule has 2 aromatic rings. The third-order valence-corrected chi connectivity index (χ3v) is 4.29. The highest BCUT2D eigenvalue weighted by Gasteiger charge is 2.44. The van der Waals surface area contributed by atoms with Crippen molar-refractivity contribution >= 4 is 5.91 Å². The molecule has 2 aromatic carbocycles. The molecular weight excluding hydrogens is 358 g/mol. The number of aliphatic hydroxyl groups is 1. The van der Waals surface area contributed by atoms with Crippen LogP contribution in [0.1, 0.15) is 12.5 Å². The molecule has 0 aliphatic rings. The zero-order valence-corrected chi connectivity index (χ0v) is 14.9. The molecule has 1 amide bonds. The highest BCUT2D eigenvalue weighted by atomic mass is 19.3. The van der Waals surface area contributed by atoms with E-state index in [9.17, 15) is 18.7 Å². The van der Waals surface area contributed by atoms with Gasteiger partial charge >= 0.3 is 0 Å². The summed E-state index contributed by atoms with van der Waals surface area (Å²) in [5.41, 5.74) is 1.30. The topological polar surface area (TPSA) is 90.8 Å². The normalized spacial score (nSPS) is 14.5. The number of carbonyl (C=O) groups excluding carboxylic acids is 1. The predicted octanol–water partition coefficient (Wildman–Crippen LogP) is 2.34. The fourth-order valence-corrected chi connectivity index (χ4v) is 2.57. The Balaban J connectivity index is 2.09. The van der Waals surface area contributed by atoms with Gasteiger partial charge in [0.1, 0.15) is 17.4 Å². The van der Waals surface area contributed by atoms with Crippen molar-refractivity contribution in [2.24, 2.45) is 0 Å². The van der Waals surface area contributed by atoms with E-state index in [-0.39, 0.29) is 6.54 Å². The molecule has 2 atom stereocenters. The van der Waals surface area contributed by atoms with Crippen LogP contribution in [0.5, 0.6) is 5.75 Å². The number of alkyl halides is 2. The molecule has 0 aliphatic heterocycles. The second kappa shape index (κ2) is 8.90. The summed E-state index contributed by atoms with van der Waals surface area (Å²) in [6.07, 6.45) is -3.18. The second-order valence-electron chi connectivity index (χ2n) is 6.24. The number of halogens is 2. The summed E-state index contributed by atoms with van der Waals surface area (Å²) >= 11 is 0. The quantitative estimate of drug-likeness (QED) is 0.417. The fourth-order valence-electron chi connectivity index (χ4n) is 2.57. The molecule has 8 heteroatoms. The summed E-state index contributed by atoms with van der Waals surface area (Å²) in [5, 5.41) is 21.2. The maximum absolute atomic E-state index is 13.0. The lowest BCUT2D eigenvalue weighted by molar-refractivity contribution is -0.150. The van der Waals surface area contributed by atoms with E-state index in [0.29, 0.717) is 5.56 Å². The number of amides is 1. The number of hydrogen-bond acceptors (Lipinski definition) is 5. The lowest BCUT2D eigenvalue weighted by atomic mass is 9.95. The molecule has 146 valence electrons. The van der Waals surface area contributed by atoms with E-state index in [2.05, 4.69) is 5.32 Å². The molecule has 0 aromatic heterocycles. The molecule has 6 nitrogen and oxygen atoms in total.